The molecule has 0 heterocycles. The Morgan fingerprint density at radius 1 is 0.773 bits per heavy atom. The van der Waals surface area contributed by atoms with E-state index in [1.807, 2.05) is 0 Å². The van der Waals surface area contributed by atoms with Crippen molar-refractivity contribution < 1.29 is 28.7 Å². The number of carbonyl (C=O) groups excluding carboxylic acids is 4. The average Bonchev–Trinajstić information content (AvgIpc) is 2.48. The molecule has 0 atom stereocenters. The van der Waals surface area contributed by atoms with Crippen LogP contribution in [0.3, 0.4) is 0 Å². The maximum Gasteiger partial charge on any atom is 0.315 e. The van der Waals surface area contributed by atoms with Gasteiger partial charge in [-0.1, -0.05) is 0 Å². The van der Waals surface area contributed by atoms with Crippen molar-refractivity contribution in [2.75, 3.05) is 24.9 Å². The fourth-order valence-electron chi connectivity index (χ4n) is 1.45. The summed E-state index contributed by atoms with van der Waals surface area (Å²) in [6.45, 7) is 0. The first-order valence-corrected chi connectivity index (χ1v) is 6.28. The van der Waals surface area contributed by atoms with Gasteiger partial charge in [0.25, 0.3) is 0 Å². The van der Waals surface area contributed by atoms with E-state index in [4.69, 9.17) is 0 Å². The van der Waals surface area contributed by atoms with Crippen molar-refractivity contribution in [2.24, 2.45) is 0 Å². The third kappa shape index (κ3) is 6.04. The topological polar surface area (TPSA) is 111 Å². The zero-order valence-corrected chi connectivity index (χ0v) is 12.2. The van der Waals surface area contributed by atoms with E-state index in [0.717, 1.165) is 0 Å². The van der Waals surface area contributed by atoms with Crippen LogP contribution in [0.5, 0.6) is 0 Å². The summed E-state index contributed by atoms with van der Waals surface area (Å²) in [5, 5.41) is 5.00. The second-order valence-corrected chi connectivity index (χ2v) is 4.18. The predicted octanol–water partition coefficient (Wildman–Crippen LogP) is 0.690. The summed E-state index contributed by atoms with van der Waals surface area (Å²) in [4.78, 5) is 44.8. The zero-order valence-electron chi connectivity index (χ0n) is 12.2. The number of carbonyl (C=O) groups is 4. The van der Waals surface area contributed by atoms with E-state index in [2.05, 4.69) is 20.1 Å². The molecule has 0 fully saturated rings. The molecule has 0 aliphatic carbocycles. The predicted molar refractivity (Wildman–Crippen MR) is 77.0 cm³/mol. The number of hydrogen-bond acceptors (Lipinski definition) is 6. The molecule has 0 aromatic heterocycles. The van der Waals surface area contributed by atoms with Gasteiger partial charge in [0.05, 0.1) is 14.2 Å². The first kappa shape index (κ1) is 17.2. The summed E-state index contributed by atoms with van der Waals surface area (Å²) in [5.74, 6) is -2.28. The SMILES string of the molecule is COC(=O)CC(=O)Nc1ccc(NC(=O)CC(=O)OC)cc1. The molecule has 8 heteroatoms. The van der Waals surface area contributed by atoms with Crippen LogP contribution in [0, 0.1) is 0 Å². The quantitative estimate of drug-likeness (QED) is 0.591. The molecule has 1 aromatic rings. The summed E-state index contributed by atoms with van der Waals surface area (Å²) < 4.78 is 8.75. The van der Waals surface area contributed by atoms with Gasteiger partial charge in [-0.15, -0.1) is 0 Å². The molecule has 2 N–H and O–H groups in total. The molecular weight excluding hydrogens is 292 g/mol. The van der Waals surface area contributed by atoms with Crippen molar-refractivity contribution in [1.82, 2.24) is 0 Å². The van der Waals surface area contributed by atoms with Crippen LogP contribution >= 0.6 is 0 Å². The van der Waals surface area contributed by atoms with Crippen molar-refractivity contribution in [1.29, 1.82) is 0 Å². The summed E-state index contributed by atoms with van der Waals surface area (Å²) in [7, 11) is 2.39. The summed E-state index contributed by atoms with van der Waals surface area (Å²) >= 11 is 0. The number of nitrogens with one attached hydrogen (secondary N) is 2. The molecule has 0 radical (unpaired) electrons. The van der Waals surface area contributed by atoms with Gasteiger partial charge >= 0.3 is 11.9 Å². The van der Waals surface area contributed by atoms with Crippen LogP contribution < -0.4 is 10.6 Å². The smallest absolute Gasteiger partial charge is 0.315 e. The van der Waals surface area contributed by atoms with Gasteiger partial charge in [0.15, 0.2) is 0 Å². The van der Waals surface area contributed by atoms with E-state index >= 15 is 0 Å². The van der Waals surface area contributed by atoms with Gasteiger partial charge in [-0.05, 0) is 24.3 Å². The second-order valence-electron chi connectivity index (χ2n) is 4.18. The lowest BCUT2D eigenvalue weighted by atomic mass is 10.2. The highest BCUT2D eigenvalue weighted by Gasteiger charge is 2.11. The molecule has 118 valence electrons. The molecule has 8 nitrogen and oxygen atoms in total. The van der Waals surface area contributed by atoms with E-state index in [-0.39, 0.29) is 12.8 Å². The molecule has 0 saturated heterocycles. The Balaban J connectivity index is 2.52. The average molecular weight is 308 g/mol. The number of hydrogen-bond donors (Lipinski definition) is 2. The molecule has 0 aliphatic heterocycles. The van der Waals surface area contributed by atoms with Crippen LogP contribution in [0.4, 0.5) is 11.4 Å². The minimum atomic E-state index is -0.635. The first-order chi connectivity index (χ1) is 10.4. The molecule has 22 heavy (non-hydrogen) atoms. The maximum atomic E-state index is 11.5. The lowest BCUT2D eigenvalue weighted by Crippen LogP contribution is -2.18. The summed E-state index contributed by atoms with van der Waals surface area (Å²) in [6.07, 6.45) is -0.762. The highest BCUT2D eigenvalue weighted by atomic mass is 16.5. The lowest BCUT2D eigenvalue weighted by Gasteiger charge is -2.07. The van der Waals surface area contributed by atoms with Gasteiger partial charge in [0.1, 0.15) is 12.8 Å². The number of amides is 2. The van der Waals surface area contributed by atoms with Gasteiger partial charge in [0, 0.05) is 11.4 Å². The summed E-state index contributed by atoms with van der Waals surface area (Å²) in [5.41, 5.74) is 0.916. The van der Waals surface area contributed by atoms with Crippen LogP contribution in [-0.2, 0) is 28.7 Å². The Bertz CT molecular complexity index is 516. The van der Waals surface area contributed by atoms with Crippen molar-refractivity contribution in [3.05, 3.63) is 24.3 Å². The van der Waals surface area contributed by atoms with Gasteiger partial charge in [0.2, 0.25) is 11.8 Å². The zero-order chi connectivity index (χ0) is 16.5. The molecule has 1 rings (SSSR count). The molecule has 2 amide bonds. The fourth-order valence-corrected chi connectivity index (χ4v) is 1.45. The number of anilines is 2. The van der Waals surface area contributed by atoms with Crippen LogP contribution in [0.25, 0.3) is 0 Å². The Labute approximate surface area is 126 Å². The second kappa shape index (κ2) is 8.40. The minimum Gasteiger partial charge on any atom is -0.469 e. The maximum absolute atomic E-state index is 11.5. The van der Waals surface area contributed by atoms with Crippen LogP contribution in [0.2, 0.25) is 0 Å². The van der Waals surface area contributed by atoms with Gasteiger partial charge < -0.3 is 20.1 Å². The Morgan fingerprint density at radius 2 is 1.09 bits per heavy atom. The van der Waals surface area contributed by atoms with Crippen LogP contribution in [0.1, 0.15) is 12.8 Å². The molecule has 0 aliphatic rings. The van der Waals surface area contributed by atoms with Crippen molar-refractivity contribution in [3.8, 4) is 0 Å². The highest BCUT2D eigenvalue weighted by Crippen LogP contribution is 2.14. The van der Waals surface area contributed by atoms with E-state index in [9.17, 15) is 19.2 Å². The molecule has 0 spiro atoms. The largest absolute Gasteiger partial charge is 0.469 e. The molecule has 0 unspecified atom stereocenters. The summed E-state index contributed by atoms with van der Waals surface area (Å²) in [6, 6.07) is 6.18. The normalized spacial score (nSPS) is 9.55. The van der Waals surface area contributed by atoms with E-state index in [1.165, 1.54) is 14.2 Å². The van der Waals surface area contributed by atoms with Gasteiger partial charge in [-0.2, -0.15) is 0 Å². The monoisotopic (exact) mass is 308 g/mol. The number of rotatable bonds is 6. The third-order valence-corrected chi connectivity index (χ3v) is 2.52. The van der Waals surface area contributed by atoms with Crippen molar-refractivity contribution in [2.45, 2.75) is 12.8 Å². The minimum absolute atomic E-state index is 0.381. The van der Waals surface area contributed by atoms with Crippen LogP contribution in [-0.4, -0.2) is 38.0 Å². The Hall–Kier alpha value is -2.90. The Morgan fingerprint density at radius 3 is 1.36 bits per heavy atom. The lowest BCUT2D eigenvalue weighted by molar-refractivity contribution is -0.144. The molecule has 0 bridgehead atoms. The molecular formula is C14H16N2O6. The van der Waals surface area contributed by atoms with E-state index < -0.39 is 23.8 Å². The van der Waals surface area contributed by atoms with Gasteiger partial charge in [-0.3, -0.25) is 19.2 Å². The first-order valence-electron chi connectivity index (χ1n) is 6.28. The van der Waals surface area contributed by atoms with Crippen LogP contribution in [0.15, 0.2) is 24.3 Å². The van der Waals surface area contributed by atoms with E-state index in [0.29, 0.717) is 11.4 Å². The fraction of sp³-hybridized carbons (Fsp3) is 0.286. The third-order valence-electron chi connectivity index (χ3n) is 2.52. The molecule has 1 aromatic carbocycles. The molecule has 0 saturated carbocycles. The van der Waals surface area contributed by atoms with Crippen molar-refractivity contribution in [3.63, 3.8) is 0 Å². The number of benzene rings is 1. The number of ether oxygens (including phenoxy) is 2. The number of methoxy groups -OCH3 is 2. The number of esters is 2. The highest BCUT2D eigenvalue weighted by molar-refractivity contribution is 6.03. The van der Waals surface area contributed by atoms with E-state index in [1.54, 1.807) is 24.3 Å². The van der Waals surface area contributed by atoms with Crippen molar-refractivity contribution >= 4 is 35.1 Å². The standard InChI is InChI=1S/C14H16N2O6/c1-21-13(19)7-11(17)15-9-3-5-10(6-4-9)16-12(18)8-14(20)22-2/h3-6H,7-8H2,1-2H3,(H,15,17)(H,16,18). The Kier molecular flexibility index (Phi) is 6.55. The van der Waals surface area contributed by atoms with Gasteiger partial charge in [-0.25, -0.2) is 0 Å².